The van der Waals surface area contributed by atoms with E-state index in [1.165, 1.54) is 12.1 Å². The Morgan fingerprint density at radius 3 is 0.733 bits per heavy atom. The second-order valence-electron chi connectivity index (χ2n) is 22.1. The number of hydrogen-bond acceptors (Lipinski definition) is 8. The molecule has 0 fully saturated rings. The Morgan fingerprint density at radius 1 is 0.167 bits per heavy atom. The molecule has 0 atom stereocenters. The molecule has 0 aliphatic rings. The lowest BCUT2D eigenvalue weighted by atomic mass is 9.96. The molecule has 0 amide bonds. The first-order chi connectivity index (χ1) is 44.4. The first kappa shape index (κ1) is 53.3. The van der Waals surface area contributed by atoms with Gasteiger partial charge in [0, 0.05) is 50.1 Å². The second kappa shape index (κ2) is 22.6. The third-order valence-electron chi connectivity index (χ3n) is 16.4. The lowest BCUT2D eigenvalue weighted by Gasteiger charge is -2.14. The van der Waals surface area contributed by atoms with E-state index in [2.05, 4.69) is 42.5 Å². The summed E-state index contributed by atoms with van der Waals surface area (Å²) in [5.74, 6) is -0.732. The largest absolute Gasteiger partial charge is 0.244 e. The summed E-state index contributed by atoms with van der Waals surface area (Å²) in [7, 11) is 0. The molecule has 0 spiro atoms. The predicted molar refractivity (Wildman–Crippen MR) is 359 cm³/mol. The number of halogens is 2. The normalized spacial score (nSPS) is 11.4. The van der Waals surface area contributed by atoms with Gasteiger partial charge < -0.3 is 0 Å². The standard InChI is InChI=1S/C80H48F2N8/c81-62-36-29-54(30-37-62)78-74(50-19-8-2-9-20-50)84-66-40-33-56(46-70(66)89-78)57-35-42-68-71(47-57)88-77(53-25-14-5-15-26-53)79(86-68)60-28-16-27-59(43-60)63-38-31-61(44-64(63)82)80-76(52-23-12-4-13-24-52)85-67-41-34-58(48-72(67)90-80)55-32-39-65-69(45-55)87-75(51-21-10-3-11-22-51)73(83-65)49-17-6-1-7-18-49/h1-48H. The number of fused-ring (bicyclic) bond motifs is 4. The number of benzene rings is 12. The highest BCUT2D eigenvalue weighted by atomic mass is 19.1. The summed E-state index contributed by atoms with van der Waals surface area (Å²) in [5, 5.41) is 0. The fourth-order valence-electron chi connectivity index (χ4n) is 11.9. The van der Waals surface area contributed by atoms with Crippen LogP contribution in [0.2, 0.25) is 0 Å². The first-order valence-corrected chi connectivity index (χ1v) is 29.6. The Morgan fingerprint density at radius 2 is 0.411 bits per heavy atom. The number of hydrogen-bond donors (Lipinski definition) is 0. The Bertz CT molecular complexity index is 5430. The lowest BCUT2D eigenvalue weighted by Crippen LogP contribution is -1.98. The van der Waals surface area contributed by atoms with Crippen LogP contribution in [0.5, 0.6) is 0 Å². The van der Waals surface area contributed by atoms with Crippen molar-refractivity contribution in [2.24, 2.45) is 0 Å². The SMILES string of the molecule is Fc1ccc(-c2nc3cc(-c4ccc5nc(-c6cccc(-c7ccc(-c8nc9cc(-c%10ccc%11nc(-c%12ccccc%12)c(-c%12ccccc%12)nc%11c%10)ccc9nc8-c8ccccc8)cc7F)c6)c(-c6ccccc6)nc5c4)ccc3nc2-c2ccccc2)cc1. The third kappa shape index (κ3) is 10.1. The van der Waals surface area contributed by atoms with Crippen molar-refractivity contribution in [3.63, 3.8) is 0 Å². The average Bonchev–Trinajstić information content (AvgIpc) is 0.902. The molecule has 0 radical (unpaired) electrons. The molecule has 90 heavy (non-hydrogen) atoms. The summed E-state index contributed by atoms with van der Waals surface area (Å²) in [6.45, 7) is 0. The Kier molecular flexibility index (Phi) is 13.4. The fraction of sp³-hybridized carbons (Fsp3) is 0. The molecule has 0 bridgehead atoms. The van der Waals surface area contributed by atoms with Crippen LogP contribution in [0, 0.1) is 11.6 Å². The van der Waals surface area contributed by atoms with Gasteiger partial charge in [-0.3, -0.25) is 0 Å². The zero-order chi connectivity index (χ0) is 60.1. The van der Waals surface area contributed by atoms with Crippen molar-refractivity contribution in [1.29, 1.82) is 0 Å². The number of rotatable bonds is 11. The van der Waals surface area contributed by atoms with Crippen LogP contribution >= 0.6 is 0 Å². The van der Waals surface area contributed by atoms with Crippen molar-refractivity contribution in [1.82, 2.24) is 39.9 Å². The van der Waals surface area contributed by atoms with Crippen LogP contribution < -0.4 is 0 Å². The molecular formula is C80H48F2N8. The van der Waals surface area contributed by atoms with E-state index in [1.54, 1.807) is 18.2 Å². The summed E-state index contributed by atoms with van der Waals surface area (Å²) in [4.78, 5) is 41.9. The van der Waals surface area contributed by atoms with Gasteiger partial charge in [-0.05, 0) is 113 Å². The summed E-state index contributed by atoms with van der Waals surface area (Å²) in [6, 6.07) is 94.0. The van der Waals surface area contributed by atoms with Gasteiger partial charge in [0.15, 0.2) is 0 Å². The van der Waals surface area contributed by atoms with E-state index in [0.717, 1.165) is 89.1 Å². The van der Waals surface area contributed by atoms with Crippen molar-refractivity contribution < 1.29 is 8.78 Å². The maximum absolute atomic E-state index is 17.2. The smallest absolute Gasteiger partial charge is 0.131 e. The first-order valence-electron chi connectivity index (χ1n) is 29.6. The molecule has 0 saturated carbocycles. The fourth-order valence-corrected chi connectivity index (χ4v) is 11.9. The van der Waals surface area contributed by atoms with Crippen LogP contribution in [0.15, 0.2) is 291 Å². The van der Waals surface area contributed by atoms with Gasteiger partial charge in [0.1, 0.15) is 11.6 Å². The highest BCUT2D eigenvalue weighted by Crippen LogP contribution is 2.40. The van der Waals surface area contributed by atoms with E-state index in [9.17, 15) is 4.39 Å². The molecule has 10 heteroatoms. The molecule has 12 aromatic carbocycles. The average molecular weight is 1160 g/mol. The van der Waals surface area contributed by atoms with Crippen LogP contribution in [-0.2, 0) is 0 Å². The van der Waals surface area contributed by atoms with Gasteiger partial charge in [0.25, 0.3) is 0 Å². The monoisotopic (exact) mass is 1160 g/mol. The van der Waals surface area contributed by atoms with Gasteiger partial charge in [-0.15, -0.1) is 0 Å². The number of aromatic nitrogens is 8. The van der Waals surface area contributed by atoms with Crippen molar-refractivity contribution in [3.05, 3.63) is 303 Å². The summed E-state index contributed by atoms with van der Waals surface area (Å²) in [6.07, 6.45) is 0. The van der Waals surface area contributed by atoms with E-state index in [0.29, 0.717) is 78.4 Å². The minimum atomic E-state index is -0.412. The number of nitrogens with zero attached hydrogens (tertiary/aromatic N) is 8. The minimum Gasteiger partial charge on any atom is -0.244 e. The van der Waals surface area contributed by atoms with Crippen LogP contribution in [0.4, 0.5) is 8.78 Å². The van der Waals surface area contributed by atoms with Gasteiger partial charge in [0.05, 0.1) is 89.7 Å². The van der Waals surface area contributed by atoms with Crippen LogP contribution in [-0.4, -0.2) is 39.9 Å². The zero-order valence-electron chi connectivity index (χ0n) is 48.0. The molecule has 422 valence electrons. The predicted octanol–water partition coefficient (Wildman–Crippen LogP) is 20.1. The summed E-state index contributed by atoms with van der Waals surface area (Å²) < 4.78 is 31.3. The van der Waals surface area contributed by atoms with Crippen molar-refractivity contribution in [3.8, 4) is 123 Å². The van der Waals surface area contributed by atoms with E-state index in [1.807, 2.05) is 218 Å². The Hall–Kier alpha value is -12.1. The Balaban J connectivity index is 0.741. The van der Waals surface area contributed by atoms with Gasteiger partial charge in [-0.1, -0.05) is 206 Å². The van der Waals surface area contributed by atoms with Crippen LogP contribution in [0.25, 0.3) is 168 Å². The van der Waals surface area contributed by atoms with Gasteiger partial charge in [-0.25, -0.2) is 48.7 Å². The molecule has 8 nitrogen and oxygen atoms in total. The second-order valence-corrected chi connectivity index (χ2v) is 22.1. The summed E-state index contributed by atoms with van der Waals surface area (Å²) >= 11 is 0. The quantitative estimate of drug-likeness (QED) is 0.126. The van der Waals surface area contributed by atoms with Gasteiger partial charge in [-0.2, -0.15) is 0 Å². The highest BCUT2D eigenvalue weighted by Gasteiger charge is 2.21. The third-order valence-corrected chi connectivity index (χ3v) is 16.4. The molecule has 0 unspecified atom stereocenters. The molecular weight excluding hydrogens is 1110 g/mol. The van der Waals surface area contributed by atoms with Crippen molar-refractivity contribution in [2.45, 2.75) is 0 Å². The molecule has 0 aliphatic carbocycles. The Labute approximate surface area is 516 Å². The molecule has 4 heterocycles. The topological polar surface area (TPSA) is 103 Å². The van der Waals surface area contributed by atoms with E-state index in [4.69, 9.17) is 39.9 Å². The minimum absolute atomic E-state index is 0.320. The van der Waals surface area contributed by atoms with Crippen molar-refractivity contribution in [2.75, 3.05) is 0 Å². The molecule has 4 aromatic heterocycles. The molecule has 0 N–H and O–H groups in total. The van der Waals surface area contributed by atoms with Crippen LogP contribution in [0.1, 0.15) is 0 Å². The molecule has 16 rings (SSSR count). The van der Waals surface area contributed by atoms with Crippen LogP contribution in [0.3, 0.4) is 0 Å². The van der Waals surface area contributed by atoms with E-state index in [-0.39, 0.29) is 5.82 Å². The molecule has 0 aliphatic heterocycles. The van der Waals surface area contributed by atoms with E-state index >= 15 is 4.39 Å². The summed E-state index contributed by atoms with van der Waals surface area (Å²) in [5.41, 5.74) is 22.9. The lowest BCUT2D eigenvalue weighted by molar-refractivity contribution is 0.628. The highest BCUT2D eigenvalue weighted by molar-refractivity contribution is 5.95. The molecule has 16 aromatic rings. The zero-order valence-corrected chi connectivity index (χ0v) is 48.0. The van der Waals surface area contributed by atoms with Gasteiger partial charge in [0.2, 0.25) is 0 Å². The molecule has 0 saturated heterocycles. The maximum Gasteiger partial charge on any atom is 0.131 e. The van der Waals surface area contributed by atoms with Crippen molar-refractivity contribution >= 4 is 44.1 Å². The van der Waals surface area contributed by atoms with Gasteiger partial charge >= 0.3 is 0 Å². The maximum atomic E-state index is 17.2. The van der Waals surface area contributed by atoms with E-state index < -0.39 is 5.82 Å².